The summed E-state index contributed by atoms with van der Waals surface area (Å²) in [4.78, 5) is 23.7. The predicted molar refractivity (Wildman–Crippen MR) is 75.3 cm³/mol. The number of Topliss-reactive ketones (excluding diaryl/α,β-unsaturated/α-hetero) is 1. The summed E-state index contributed by atoms with van der Waals surface area (Å²) in [6.07, 6.45) is -0.00383. The van der Waals surface area contributed by atoms with Gasteiger partial charge in [0.25, 0.3) is 0 Å². The number of ether oxygens (including phenoxy) is 1. The van der Waals surface area contributed by atoms with E-state index in [-0.39, 0.29) is 29.5 Å². The van der Waals surface area contributed by atoms with Crippen molar-refractivity contribution in [3.8, 4) is 5.75 Å². The average Bonchev–Trinajstić information content (AvgIpc) is 2.56. The average molecular weight is 276 g/mol. The van der Waals surface area contributed by atoms with Crippen LogP contribution in [0.3, 0.4) is 0 Å². The van der Waals surface area contributed by atoms with Crippen LogP contribution >= 0.6 is 0 Å². The Labute approximate surface area is 118 Å². The van der Waals surface area contributed by atoms with E-state index in [1.807, 2.05) is 32.9 Å². The van der Waals surface area contributed by atoms with Gasteiger partial charge in [-0.2, -0.15) is 0 Å². The summed E-state index contributed by atoms with van der Waals surface area (Å²) < 4.78 is 5.29. The van der Waals surface area contributed by atoms with Gasteiger partial charge >= 0.3 is 5.97 Å². The van der Waals surface area contributed by atoms with E-state index in [0.717, 1.165) is 5.56 Å². The van der Waals surface area contributed by atoms with Crippen LogP contribution < -0.4 is 4.74 Å². The molecule has 0 aliphatic heterocycles. The topological polar surface area (TPSA) is 63.6 Å². The van der Waals surface area contributed by atoms with Gasteiger partial charge in [0.15, 0.2) is 5.78 Å². The fraction of sp³-hybridized carbons (Fsp3) is 0.500. The molecule has 0 saturated heterocycles. The van der Waals surface area contributed by atoms with Crippen LogP contribution in [-0.4, -0.2) is 24.0 Å². The molecule has 1 aromatic carbocycles. The number of methoxy groups -OCH3 is 1. The summed E-state index contributed by atoms with van der Waals surface area (Å²) >= 11 is 0. The van der Waals surface area contributed by atoms with Gasteiger partial charge in [-0.15, -0.1) is 0 Å². The Balaban J connectivity index is 2.50. The van der Waals surface area contributed by atoms with E-state index in [1.165, 1.54) is 0 Å². The molecule has 1 N–H and O–H groups in total. The Hall–Kier alpha value is -1.84. The van der Waals surface area contributed by atoms with E-state index >= 15 is 0 Å². The zero-order valence-corrected chi connectivity index (χ0v) is 12.3. The standard InChI is InChI=1S/C16H20O4/c1-9(8-12(17)18)14-15(19)13-10(16(14,2)3)6-5-7-11(13)20-4/h5-7,9,14H,8H2,1-4H3,(H,17,18). The Morgan fingerprint density at radius 1 is 1.45 bits per heavy atom. The quantitative estimate of drug-likeness (QED) is 0.918. The van der Waals surface area contributed by atoms with Crippen LogP contribution in [0, 0.1) is 11.8 Å². The number of carbonyl (C=O) groups is 2. The number of benzene rings is 1. The lowest BCUT2D eigenvalue weighted by Crippen LogP contribution is -2.33. The van der Waals surface area contributed by atoms with Crippen LogP contribution in [-0.2, 0) is 10.2 Å². The summed E-state index contributed by atoms with van der Waals surface area (Å²) in [6.45, 7) is 5.83. The number of carboxylic acids is 1. The van der Waals surface area contributed by atoms with E-state index in [0.29, 0.717) is 11.3 Å². The first kappa shape index (κ1) is 14.6. The Kier molecular flexibility index (Phi) is 3.59. The molecule has 2 unspecified atom stereocenters. The lowest BCUT2D eigenvalue weighted by molar-refractivity contribution is -0.138. The summed E-state index contributed by atoms with van der Waals surface area (Å²) in [5, 5.41) is 8.98. The van der Waals surface area contributed by atoms with Crippen LogP contribution in [0.15, 0.2) is 18.2 Å². The zero-order chi connectivity index (χ0) is 15.1. The zero-order valence-electron chi connectivity index (χ0n) is 12.3. The fourth-order valence-corrected chi connectivity index (χ4v) is 3.51. The number of hydrogen-bond acceptors (Lipinski definition) is 3. The maximum atomic E-state index is 12.7. The van der Waals surface area contributed by atoms with Crippen LogP contribution in [0.25, 0.3) is 0 Å². The van der Waals surface area contributed by atoms with E-state index in [9.17, 15) is 9.59 Å². The highest BCUT2D eigenvalue weighted by Crippen LogP contribution is 2.49. The number of hydrogen-bond donors (Lipinski definition) is 1. The van der Waals surface area contributed by atoms with Crippen molar-refractivity contribution in [3.63, 3.8) is 0 Å². The normalized spacial score (nSPS) is 21.4. The van der Waals surface area contributed by atoms with Crippen molar-refractivity contribution in [1.82, 2.24) is 0 Å². The van der Waals surface area contributed by atoms with Crippen molar-refractivity contribution in [3.05, 3.63) is 29.3 Å². The summed E-state index contributed by atoms with van der Waals surface area (Å²) in [5.41, 5.74) is 1.18. The first-order chi connectivity index (χ1) is 9.30. The number of carbonyl (C=O) groups excluding carboxylic acids is 1. The molecule has 0 bridgehead atoms. The molecular weight excluding hydrogens is 256 g/mol. The maximum absolute atomic E-state index is 12.7. The second kappa shape index (κ2) is 4.93. The molecule has 1 aliphatic carbocycles. The van der Waals surface area contributed by atoms with Gasteiger partial charge in [0.05, 0.1) is 12.7 Å². The SMILES string of the molecule is COc1cccc2c1C(=O)C(C(C)CC(=O)O)C2(C)C. The molecule has 0 saturated carbocycles. The number of ketones is 1. The van der Waals surface area contributed by atoms with Gasteiger partial charge < -0.3 is 9.84 Å². The molecule has 20 heavy (non-hydrogen) atoms. The molecule has 0 heterocycles. The molecule has 0 aromatic heterocycles. The Bertz CT molecular complexity index is 560. The van der Waals surface area contributed by atoms with Gasteiger partial charge in [-0.1, -0.05) is 32.9 Å². The van der Waals surface area contributed by atoms with E-state index in [2.05, 4.69) is 0 Å². The highest BCUT2D eigenvalue weighted by atomic mass is 16.5. The lowest BCUT2D eigenvalue weighted by Gasteiger charge is -2.30. The smallest absolute Gasteiger partial charge is 0.303 e. The molecule has 4 heteroatoms. The Morgan fingerprint density at radius 3 is 2.65 bits per heavy atom. The minimum Gasteiger partial charge on any atom is -0.496 e. The van der Waals surface area contributed by atoms with Crippen molar-refractivity contribution < 1.29 is 19.4 Å². The minimum atomic E-state index is -0.871. The van der Waals surface area contributed by atoms with Crippen molar-refractivity contribution >= 4 is 11.8 Å². The first-order valence-electron chi connectivity index (χ1n) is 6.74. The van der Waals surface area contributed by atoms with Gasteiger partial charge in [-0.05, 0) is 17.5 Å². The highest BCUT2D eigenvalue weighted by Gasteiger charge is 2.49. The number of carboxylic acid groups (broad SMARTS) is 1. The van der Waals surface area contributed by atoms with Gasteiger partial charge in [0, 0.05) is 17.8 Å². The van der Waals surface area contributed by atoms with Crippen molar-refractivity contribution in [2.24, 2.45) is 11.8 Å². The maximum Gasteiger partial charge on any atom is 0.303 e. The van der Waals surface area contributed by atoms with Gasteiger partial charge in [-0.25, -0.2) is 0 Å². The molecular formula is C16H20O4. The molecule has 0 radical (unpaired) electrons. The van der Waals surface area contributed by atoms with Gasteiger partial charge in [-0.3, -0.25) is 9.59 Å². The van der Waals surface area contributed by atoms with Crippen molar-refractivity contribution in [1.29, 1.82) is 0 Å². The van der Waals surface area contributed by atoms with Crippen LogP contribution in [0.4, 0.5) is 0 Å². The fourth-order valence-electron chi connectivity index (χ4n) is 3.51. The monoisotopic (exact) mass is 276 g/mol. The van der Waals surface area contributed by atoms with Crippen LogP contribution in [0.2, 0.25) is 0 Å². The third-order valence-corrected chi connectivity index (χ3v) is 4.31. The molecule has 2 rings (SSSR count). The molecule has 1 aromatic rings. The molecule has 1 aliphatic rings. The number of rotatable bonds is 4. The molecule has 0 spiro atoms. The summed E-state index contributed by atoms with van der Waals surface area (Å²) in [5.74, 6) is -0.845. The van der Waals surface area contributed by atoms with Crippen molar-refractivity contribution in [2.75, 3.05) is 7.11 Å². The first-order valence-corrected chi connectivity index (χ1v) is 6.74. The van der Waals surface area contributed by atoms with E-state index in [4.69, 9.17) is 9.84 Å². The second-order valence-corrected chi connectivity index (χ2v) is 6.02. The van der Waals surface area contributed by atoms with E-state index < -0.39 is 5.97 Å². The Morgan fingerprint density at radius 2 is 2.10 bits per heavy atom. The molecule has 108 valence electrons. The van der Waals surface area contributed by atoms with Crippen LogP contribution in [0.1, 0.15) is 43.1 Å². The number of fused-ring (bicyclic) bond motifs is 1. The highest BCUT2D eigenvalue weighted by molar-refractivity contribution is 6.06. The summed E-state index contributed by atoms with van der Waals surface area (Å²) in [7, 11) is 1.55. The van der Waals surface area contributed by atoms with Crippen LogP contribution in [0.5, 0.6) is 5.75 Å². The third-order valence-electron chi connectivity index (χ3n) is 4.31. The largest absolute Gasteiger partial charge is 0.496 e. The number of aliphatic carboxylic acids is 1. The lowest BCUT2D eigenvalue weighted by atomic mass is 9.71. The third kappa shape index (κ3) is 2.09. The second-order valence-electron chi connectivity index (χ2n) is 6.02. The van der Waals surface area contributed by atoms with Gasteiger partial charge in [0.1, 0.15) is 5.75 Å². The molecule has 2 atom stereocenters. The predicted octanol–water partition coefficient (Wildman–Crippen LogP) is 2.90. The minimum absolute atomic E-state index is 0.00352. The molecule has 0 amide bonds. The van der Waals surface area contributed by atoms with Crippen molar-refractivity contribution in [2.45, 2.75) is 32.6 Å². The summed E-state index contributed by atoms with van der Waals surface area (Å²) in [6, 6.07) is 5.58. The molecule has 0 fully saturated rings. The molecule has 4 nitrogen and oxygen atoms in total. The van der Waals surface area contributed by atoms with Gasteiger partial charge in [0.2, 0.25) is 0 Å². The van der Waals surface area contributed by atoms with E-state index in [1.54, 1.807) is 13.2 Å².